The van der Waals surface area contributed by atoms with Crippen LogP contribution in [0.1, 0.15) is 53.4 Å². The Bertz CT molecular complexity index is 465. The number of rotatable bonds is 10. The summed E-state index contributed by atoms with van der Waals surface area (Å²) in [6.07, 6.45) is 4.53. The van der Waals surface area contributed by atoms with E-state index in [0.29, 0.717) is 5.69 Å². The summed E-state index contributed by atoms with van der Waals surface area (Å²) >= 11 is 0. The van der Waals surface area contributed by atoms with Gasteiger partial charge in [-0.15, -0.1) is 0 Å². The molecule has 0 aliphatic rings. The van der Waals surface area contributed by atoms with E-state index in [-0.39, 0.29) is 17.9 Å². The Kier molecular flexibility index (Phi) is 8.70. The smallest absolute Gasteiger partial charge is 0.241 e. The van der Waals surface area contributed by atoms with E-state index in [1.165, 1.54) is 0 Å². The first-order chi connectivity index (χ1) is 11.0. The van der Waals surface area contributed by atoms with Crippen LogP contribution < -0.4 is 11.1 Å². The second kappa shape index (κ2) is 10.3. The number of carbonyl (C=O) groups is 1. The highest BCUT2D eigenvalue weighted by atomic mass is 16.2. The molecule has 3 N–H and O–H groups in total. The van der Waals surface area contributed by atoms with Gasteiger partial charge in [0.15, 0.2) is 0 Å². The zero-order valence-electron chi connectivity index (χ0n) is 15.1. The lowest BCUT2D eigenvalue weighted by atomic mass is 10.00. The van der Waals surface area contributed by atoms with Crippen molar-refractivity contribution in [2.75, 3.05) is 24.1 Å². The van der Waals surface area contributed by atoms with Crippen molar-refractivity contribution in [1.82, 2.24) is 4.90 Å². The Labute approximate surface area is 141 Å². The molecule has 1 rings (SSSR count). The Balaban J connectivity index is 2.85. The maximum atomic E-state index is 12.8. The van der Waals surface area contributed by atoms with Gasteiger partial charge in [-0.1, -0.05) is 46.6 Å². The highest BCUT2D eigenvalue weighted by Gasteiger charge is 2.28. The molecule has 130 valence electrons. The van der Waals surface area contributed by atoms with Gasteiger partial charge in [-0.2, -0.15) is 0 Å². The summed E-state index contributed by atoms with van der Waals surface area (Å²) in [6.45, 7) is 10.6. The topological polar surface area (TPSA) is 58.4 Å². The molecule has 23 heavy (non-hydrogen) atoms. The molecular formula is C19H33N3O. The average molecular weight is 319 g/mol. The van der Waals surface area contributed by atoms with Crippen molar-refractivity contribution in [2.45, 2.75) is 59.4 Å². The number of nitrogens with two attached hydrogens (primary N) is 1. The predicted octanol–water partition coefficient (Wildman–Crippen LogP) is 4.13. The fourth-order valence-corrected chi connectivity index (χ4v) is 2.84. The van der Waals surface area contributed by atoms with Crippen molar-refractivity contribution in [1.29, 1.82) is 0 Å². The first-order valence-electron chi connectivity index (χ1n) is 8.90. The van der Waals surface area contributed by atoms with Crippen LogP contribution in [-0.4, -0.2) is 29.9 Å². The molecule has 0 fully saturated rings. The summed E-state index contributed by atoms with van der Waals surface area (Å²) in [5, 5.41) is 3.04. The lowest BCUT2D eigenvalue weighted by Crippen LogP contribution is -2.48. The molecule has 0 radical (unpaired) electrons. The van der Waals surface area contributed by atoms with Crippen LogP contribution in [0.3, 0.4) is 0 Å². The predicted molar refractivity (Wildman–Crippen MR) is 99.5 cm³/mol. The van der Waals surface area contributed by atoms with Gasteiger partial charge in [-0.05, 0) is 50.0 Å². The summed E-state index contributed by atoms with van der Waals surface area (Å²) in [7, 11) is 0. The maximum absolute atomic E-state index is 12.8. The van der Waals surface area contributed by atoms with Crippen LogP contribution in [0.5, 0.6) is 0 Å². The van der Waals surface area contributed by atoms with Crippen LogP contribution in [0.15, 0.2) is 24.3 Å². The Hall–Kier alpha value is -1.55. The van der Waals surface area contributed by atoms with Gasteiger partial charge in [-0.3, -0.25) is 9.69 Å². The minimum absolute atomic E-state index is 0.0674. The summed E-state index contributed by atoms with van der Waals surface area (Å²) in [4.78, 5) is 15.2. The quantitative estimate of drug-likeness (QED) is 0.637. The summed E-state index contributed by atoms with van der Waals surface area (Å²) in [6, 6.07) is 7.27. The fraction of sp³-hybridized carbons (Fsp3) is 0.632. The fourth-order valence-electron chi connectivity index (χ4n) is 2.84. The van der Waals surface area contributed by atoms with Crippen LogP contribution in [-0.2, 0) is 4.79 Å². The number of amides is 1. The molecule has 0 aliphatic heterocycles. The molecule has 0 aromatic heterocycles. The Morgan fingerprint density at radius 1 is 1.17 bits per heavy atom. The van der Waals surface area contributed by atoms with Gasteiger partial charge in [0.05, 0.1) is 6.04 Å². The van der Waals surface area contributed by atoms with Crippen molar-refractivity contribution in [2.24, 2.45) is 5.92 Å². The third-order valence-corrected chi connectivity index (χ3v) is 4.05. The molecule has 0 aliphatic carbocycles. The van der Waals surface area contributed by atoms with E-state index >= 15 is 0 Å². The first-order valence-corrected chi connectivity index (χ1v) is 8.90. The van der Waals surface area contributed by atoms with Crippen molar-refractivity contribution < 1.29 is 4.79 Å². The van der Waals surface area contributed by atoms with Gasteiger partial charge in [0, 0.05) is 11.4 Å². The monoisotopic (exact) mass is 319 g/mol. The molecule has 0 saturated carbocycles. The molecule has 4 heteroatoms. The minimum atomic E-state index is -0.102. The van der Waals surface area contributed by atoms with Crippen LogP contribution >= 0.6 is 0 Å². The summed E-state index contributed by atoms with van der Waals surface area (Å²) in [5.41, 5.74) is 7.23. The zero-order chi connectivity index (χ0) is 17.2. The number of benzene rings is 1. The highest BCUT2D eigenvalue weighted by molar-refractivity contribution is 5.95. The van der Waals surface area contributed by atoms with Gasteiger partial charge >= 0.3 is 0 Å². The van der Waals surface area contributed by atoms with E-state index < -0.39 is 0 Å². The third-order valence-electron chi connectivity index (χ3n) is 4.05. The molecular weight excluding hydrogens is 286 g/mol. The number of hydrogen-bond donors (Lipinski definition) is 2. The molecule has 1 aromatic rings. The SMILES string of the molecule is CCCCN(CCCC)C(C(=O)Nc1cccc(N)c1)C(C)C. The molecule has 0 heterocycles. The summed E-state index contributed by atoms with van der Waals surface area (Å²) in [5.74, 6) is 0.336. The van der Waals surface area contributed by atoms with E-state index in [0.717, 1.165) is 44.5 Å². The zero-order valence-corrected chi connectivity index (χ0v) is 15.1. The number of anilines is 2. The standard InChI is InChI=1S/C19H33N3O/c1-5-7-12-22(13-8-6-2)18(15(3)4)19(23)21-17-11-9-10-16(20)14-17/h9-11,14-15,18H,5-8,12-13,20H2,1-4H3,(H,21,23). The van der Waals surface area contributed by atoms with Crippen molar-refractivity contribution in [3.63, 3.8) is 0 Å². The van der Waals surface area contributed by atoms with Crippen molar-refractivity contribution >= 4 is 17.3 Å². The van der Waals surface area contributed by atoms with Crippen LogP contribution in [0, 0.1) is 5.92 Å². The largest absolute Gasteiger partial charge is 0.399 e. The average Bonchev–Trinajstić information content (AvgIpc) is 2.49. The van der Waals surface area contributed by atoms with E-state index in [9.17, 15) is 4.79 Å². The number of unbranched alkanes of at least 4 members (excludes halogenated alkanes) is 2. The molecule has 0 bridgehead atoms. The summed E-state index contributed by atoms with van der Waals surface area (Å²) < 4.78 is 0. The van der Waals surface area contributed by atoms with E-state index in [2.05, 4.69) is 37.9 Å². The normalized spacial score (nSPS) is 12.6. The Morgan fingerprint density at radius 3 is 2.26 bits per heavy atom. The molecule has 1 unspecified atom stereocenters. The first kappa shape index (κ1) is 19.5. The second-order valence-corrected chi connectivity index (χ2v) is 6.55. The third kappa shape index (κ3) is 6.61. The van der Waals surface area contributed by atoms with E-state index in [1.54, 1.807) is 6.07 Å². The van der Waals surface area contributed by atoms with Gasteiger partial charge < -0.3 is 11.1 Å². The maximum Gasteiger partial charge on any atom is 0.241 e. The lowest BCUT2D eigenvalue weighted by Gasteiger charge is -2.33. The Morgan fingerprint density at radius 2 is 1.78 bits per heavy atom. The number of hydrogen-bond acceptors (Lipinski definition) is 3. The second-order valence-electron chi connectivity index (χ2n) is 6.55. The van der Waals surface area contributed by atoms with E-state index in [4.69, 9.17) is 5.73 Å². The highest BCUT2D eigenvalue weighted by Crippen LogP contribution is 2.18. The van der Waals surface area contributed by atoms with E-state index in [1.807, 2.05) is 18.2 Å². The number of carbonyl (C=O) groups excluding carboxylic acids is 1. The van der Waals surface area contributed by atoms with Gasteiger partial charge in [0.2, 0.25) is 5.91 Å². The van der Waals surface area contributed by atoms with Crippen molar-refractivity contribution in [3.8, 4) is 0 Å². The molecule has 0 spiro atoms. The van der Waals surface area contributed by atoms with Gasteiger partial charge in [-0.25, -0.2) is 0 Å². The van der Waals surface area contributed by atoms with Crippen LogP contribution in [0.25, 0.3) is 0 Å². The van der Waals surface area contributed by atoms with Gasteiger partial charge in [0.1, 0.15) is 0 Å². The number of nitrogens with one attached hydrogen (secondary N) is 1. The van der Waals surface area contributed by atoms with Crippen LogP contribution in [0.4, 0.5) is 11.4 Å². The molecule has 4 nitrogen and oxygen atoms in total. The van der Waals surface area contributed by atoms with Crippen LogP contribution in [0.2, 0.25) is 0 Å². The lowest BCUT2D eigenvalue weighted by molar-refractivity contribution is -0.122. The number of nitrogens with zero attached hydrogens (tertiary/aromatic N) is 1. The molecule has 1 aromatic carbocycles. The van der Waals surface area contributed by atoms with Gasteiger partial charge in [0.25, 0.3) is 0 Å². The van der Waals surface area contributed by atoms with Crippen molar-refractivity contribution in [3.05, 3.63) is 24.3 Å². The number of nitrogen functional groups attached to an aromatic ring is 1. The minimum Gasteiger partial charge on any atom is -0.399 e. The molecule has 0 saturated heterocycles. The molecule has 1 atom stereocenters. The molecule has 1 amide bonds.